The van der Waals surface area contributed by atoms with E-state index in [1.807, 2.05) is 0 Å². The van der Waals surface area contributed by atoms with Gasteiger partial charge in [0.1, 0.15) is 0 Å². The maximum Gasteiger partial charge on any atom is 1.00 e. The molecule has 2 unspecified atom stereocenters. The number of hydrogen-bond donors (Lipinski definition) is 0. The Hall–Kier alpha value is 0.597. The molecule has 0 nitrogen and oxygen atoms in total. The molecular formula is C15H31Li. The molecule has 0 aromatic heterocycles. The smallest absolute Gasteiger partial charge is 0.343 e. The van der Waals surface area contributed by atoms with Crippen molar-refractivity contribution in [2.24, 2.45) is 17.8 Å². The average Bonchev–Trinajstić information content (AvgIpc) is 2.17. The monoisotopic (exact) mass is 218 g/mol. The van der Waals surface area contributed by atoms with Gasteiger partial charge in [-0.1, -0.05) is 72.1 Å². The van der Waals surface area contributed by atoms with Crippen molar-refractivity contribution in [3.63, 3.8) is 0 Å². The zero-order valence-corrected chi connectivity index (χ0v) is 12.4. The van der Waals surface area contributed by atoms with E-state index in [0.29, 0.717) is 0 Å². The van der Waals surface area contributed by atoms with Crippen LogP contribution in [-0.2, 0) is 0 Å². The molecule has 0 saturated carbocycles. The van der Waals surface area contributed by atoms with Gasteiger partial charge in [-0.2, -0.15) is 6.42 Å². The molecule has 0 bridgehead atoms. The van der Waals surface area contributed by atoms with Crippen LogP contribution in [0, 0.1) is 24.7 Å². The second kappa shape index (κ2) is 12.1. The summed E-state index contributed by atoms with van der Waals surface area (Å²) >= 11 is 0. The van der Waals surface area contributed by atoms with Crippen LogP contribution in [0.3, 0.4) is 0 Å². The van der Waals surface area contributed by atoms with Crippen molar-refractivity contribution in [1.29, 1.82) is 0 Å². The normalized spacial score (nSPS) is 14.6. The van der Waals surface area contributed by atoms with Gasteiger partial charge in [0.15, 0.2) is 0 Å². The van der Waals surface area contributed by atoms with E-state index in [1.165, 1.54) is 38.5 Å². The maximum absolute atomic E-state index is 3.95. The van der Waals surface area contributed by atoms with Gasteiger partial charge in [0.05, 0.1) is 0 Å². The molecule has 92 valence electrons. The Kier molecular flexibility index (Phi) is 14.3. The predicted octanol–water partition coefficient (Wildman–Crippen LogP) is 2.48. The molecule has 1 heteroatoms. The molecule has 0 spiro atoms. The Morgan fingerprint density at radius 1 is 0.750 bits per heavy atom. The van der Waals surface area contributed by atoms with Gasteiger partial charge in [0.25, 0.3) is 0 Å². The van der Waals surface area contributed by atoms with Crippen molar-refractivity contribution in [2.45, 2.75) is 72.6 Å². The van der Waals surface area contributed by atoms with Crippen LogP contribution in [0.2, 0.25) is 0 Å². The van der Waals surface area contributed by atoms with E-state index in [-0.39, 0.29) is 18.9 Å². The summed E-state index contributed by atoms with van der Waals surface area (Å²) in [6.07, 6.45) is 9.54. The van der Waals surface area contributed by atoms with Gasteiger partial charge in [-0.3, -0.25) is 0 Å². The molecular weight excluding hydrogens is 187 g/mol. The molecule has 0 aliphatic rings. The zero-order chi connectivity index (χ0) is 11.7. The molecule has 0 N–H and O–H groups in total. The molecule has 0 fully saturated rings. The van der Waals surface area contributed by atoms with E-state index in [4.69, 9.17) is 0 Å². The topological polar surface area (TPSA) is 0 Å². The molecule has 0 aliphatic heterocycles. The Morgan fingerprint density at radius 2 is 1.19 bits per heavy atom. The first-order chi connectivity index (χ1) is 7.06. The predicted molar refractivity (Wildman–Crippen MR) is 70.8 cm³/mol. The zero-order valence-electron chi connectivity index (χ0n) is 12.4. The van der Waals surface area contributed by atoms with Gasteiger partial charge in [0, 0.05) is 0 Å². The summed E-state index contributed by atoms with van der Waals surface area (Å²) in [4.78, 5) is 0. The first-order valence-corrected chi connectivity index (χ1v) is 6.85. The second-order valence-electron chi connectivity index (χ2n) is 5.75. The van der Waals surface area contributed by atoms with Crippen molar-refractivity contribution in [3.05, 3.63) is 6.92 Å². The van der Waals surface area contributed by atoms with Gasteiger partial charge in [0.2, 0.25) is 0 Å². The summed E-state index contributed by atoms with van der Waals surface area (Å²) in [6, 6.07) is 0. The number of hydrogen-bond acceptors (Lipinski definition) is 0. The van der Waals surface area contributed by atoms with Crippen molar-refractivity contribution in [2.75, 3.05) is 0 Å². The minimum atomic E-state index is 0. The summed E-state index contributed by atoms with van der Waals surface area (Å²) in [7, 11) is 0. The first-order valence-electron chi connectivity index (χ1n) is 6.85. The van der Waals surface area contributed by atoms with E-state index in [2.05, 4.69) is 34.6 Å². The molecule has 0 aromatic rings. The third-order valence-corrected chi connectivity index (χ3v) is 3.37. The molecule has 0 saturated heterocycles. The molecule has 0 rings (SSSR count). The Morgan fingerprint density at radius 3 is 1.62 bits per heavy atom. The summed E-state index contributed by atoms with van der Waals surface area (Å²) in [5, 5.41) is 0. The van der Waals surface area contributed by atoms with Crippen LogP contribution in [0.4, 0.5) is 0 Å². The average molecular weight is 218 g/mol. The van der Waals surface area contributed by atoms with Crippen LogP contribution in [0.15, 0.2) is 0 Å². The molecule has 2 atom stereocenters. The van der Waals surface area contributed by atoms with Crippen molar-refractivity contribution < 1.29 is 18.9 Å². The van der Waals surface area contributed by atoms with E-state index < -0.39 is 0 Å². The molecule has 0 amide bonds. The quantitative estimate of drug-likeness (QED) is 0.412. The molecule has 0 heterocycles. The summed E-state index contributed by atoms with van der Waals surface area (Å²) < 4.78 is 0. The SMILES string of the molecule is [CH2-]CC(C)CCCC(C)CCCC(C)C.[Li+]. The van der Waals surface area contributed by atoms with Crippen LogP contribution in [0.5, 0.6) is 0 Å². The van der Waals surface area contributed by atoms with E-state index in [1.54, 1.807) is 0 Å². The molecule has 0 aliphatic carbocycles. The van der Waals surface area contributed by atoms with E-state index >= 15 is 0 Å². The van der Waals surface area contributed by atoms with Crippen LogP contribution >= 0.6 is 0 Å². The second-order valence-corrected chi connectivity index (χ2v) is 5.75. The van der Waals surface area contributed by atoms with Gasteiger partial charge in [-0.15, -0.1) is 0 Å². The largest absolute Gasteiger partial charge is 1.00 e. The Labute approximate surface area is 116 Å². The van der Waals surface area contributed by atoms with Gasteiger partial charge < -0.3 is 6.92 Å². The van der Waals surface area contributed by atoms with Crippen molar-refractivity contribution >= 4 is 0 Å². The van der Waals surface area contributed by atoms with E-state index in [0.717, 1.165) is 24.2 Å². The molecule has 0 radical (unpaired) electrons. The van der Waals surface area contributed by atoms with Crippen LogP contribution < -0.4 is 18.9 Å². The molecule has 16 heavy (non-hydrogen) atoms. The van der Waals surface area contributed by atoms with Gasteiger partial charge in [-0.05, 0) is 11.8 Å². The minimum absolute atomic E-state index is 0. The van der Waals surface area contributed by atoms with Crippen molar-refractivity contribution in [1.82, 2.24) is 0 Å². The van der Waals surface area contributed by atoms with E-state index in [9.17, 15) is 0 Å². The maximum atomic E-state index is 3.95. The van der Waals surface area contributed by atoms with Crippen LogP contribution in [0.1, 0.15) is 72.6 Å². The molecule has 0 aromatic carbocycles. The third-order valence-electron chi connectivity index (χ3n) is 3.37. The Balaban J connectivity index is 0. The van der Waals surface area contributed by atoms with Gasteiger partial charge >= 0.3 is 18.9 Å². The number of rotatable bonds is 9. The fourth-order valence-electron chi connectivity index (χ4n) is 1.98. The summed E-state index contributed by atoms with van der Waals surface area (Å²) in [5.41, 5.74) is 0. The van der Waals surface area contributed by atoms with Crippen LogP contribution in [-0.4, -0.2) is 0 Å². The van der Waals surface area contributed by atoms with Gasteiger partial charge in [-0.25, -0.2) is 0 Å². The fraction of sp³-hybridized carbons (Fsp3) is 0.933. The van der Waals surface area contributed by atoms with Crippen LogP contribution in [0.25, 0.3) is 0 Å². The first kappa shape index (κ1) is 18.9. The minimum Gasteiger partial charge on any atom is -0.343 e. The fourth-order valence-corrected chi connectivity index (χ4v) is 1.98. The standard InChI is InChI=1S/C15H31.Li/c1-6-14(4)10-8-12-15(5)11-7-9-13(2)3;/h13-15H,1,6-12H2,2-5H3;/q-1;+1. The summed E-state index contributed by atoms with van der Waals surface area (Å²) in [5.74, 6) is 2.64. The summed E-state index contributed by atoms with van der Waals surface area (Å²) in [6.45, 7) is 13.3. The van der Waals surface area contributed by atoms with Crippen molar-refractivity contribution in [3.8, 4) is 0 Å². The Bertz CT molecular complexity index is 131. The third kappa shape index (κ3) is 12.7.